The van der Waals surface area contributed by atoms with Crippen LogP contribution < -0.4 is 5.32 Å². The fourth-order valence-electron chi connectivity index (χ4n) is 4.26. The van der Waals surface area contributed by atoms with Gasteiger partial charge in [-0.2, -0.15) is 0 Å². The van der Waals surface area contributed by atoms with Crippen LogP contribution in [0.1, 0.15) is 57.5 Å². The first-order valence-electron chi connectivity index (χ1n) is 14.7. The first-order valence-corrected chi connectivity index (χ1v) is 12.6. The number of rotatable bonds is 10. The lowest BCUT2D eigenvalue weighted by Gasteiger charge is -2.17. The molecule has 3 aromatic rings. The second kappa shape index (κ2) is 10.5. The monoisotopic (exact) mass is 524 g/mol. The Morgan fingerprint density at radius 2 is 2.17 bits per heavy atom. The van der Waals surface area contributed by atoms with E-state index in [1.165, 1.54) is 23.4 Å². The normalized spacial score (nSPS) is 32.4. The van der Waals surface area contributed by atoms with Crippen LogP contribution in [0.2, 0.25) is 0 Å². The highest BCUT2D eigenvalue weighted by Crippen LogP contribution is 2.44. The van der Waals surface area contributed by atoms with E-state index in [0.717, 1.165) is 6.42 Å². The average molecular weight is 525 g/mol. The molecule has 2 heterocycles. The largest absolute Gasteiger partial charge is 0.394 e. The number of hydrogen-bond acceptors (Lipinski definition) is 10. The molecule has 2 aliphatic carbocycles. The lowest BCUT2D eigenvalue weighted by Crippen LogP contribution is -2.33. The molecule has 5 rings (SSSR count). The van der Waals surface area contributed by atoms with Gasteiger partial charge in [0.1, 0.15) is 18.0 Å². The number of hydrogen-bond donors (Lipinski definition) is 4. The van der Waals surface area contributed by atoms with Gasteiger partial charge in [-0.05, 0) is 36.9 Å². The van der Waals surface area contributed by atoms with Crippen molar-refractivity contribution in [2.24, 2.45) is 0 Å². The fourth-order valence-corrected chi connectivity index (χ4v) is 4.95. The maximum absolute atomic E-state index is 14.6. The van der Waals surface area contributed by atoms with E-state index in [1.54, 1.807) is 0 Å². The number of halogens is 1. The van der Waals surface area contributed by atoms with Crippen LogP contribution in [-0.2, 0) is 4.74 Å². The van der Waals surface area contributed by atoms with Crippen molar-refractivity contribution >= 4 is 28.7 Å². The van der Waals surface area contributed by atoms with Gasteiger partial charge in [0.2, 0.25) is 0 Å². The van der Waals surface area contributed by atoms with Gasteiger partial charge >= 0.3 is 0 Å². The third-order valence-corrected chi connectivity index (χ3v) is 7.34. The minimum atomic E-state index is -2.62. The number of aliphatic hydroxyl groups excluding tert-OH is 2. The summed E-state index contributed by atoms with van der Waals surface area (Å²) in [6, 6.07) is -3.48. The zero-order valence-electron chi connectivity index (χ0n) is 25.7. The summed E-state index contributed by atoms with van der Waals surface area (Å²) in [5.41, 5.74) is 0.228. The van der Waals surface area contributed by atoms with Crippen molar-refractivity contribution in [2.45, 2.75) is 74.6 Å². The van der Waals surface area contributed by atoms with Crippen LogP contribution in [0.3, 0.4) is 0 Å². The SMILES string of the molecule is [2H]c1c([2H])c([C@@H]2C[C@@]2([2H])Nc2nc(SCCC)nc3c2nnn3[C@@H]2C[C@H](OCC([2H])([2H])O)[C@@H](O)[C@H]2O)c([2H])c(F)c1C. The Morgan fingerprint density at radius 1 is 1.33 bits per heavy atom. The molecule has 0 spiro atoms. The zero-order valence-corrected chi connectivity index (χ0v) is 20.5. The van der Waals surface area contributed by atoms with Crippen LogP contribution in [-0.4, -0.2) is 83.5 Å². The van der Waals surface area contributed by atoms with Gasteiger partial charge in [0, 0.05) is 24.1 Å². The highest BCUT2D eigenvalue weighted by molar-refractivity contribution is 7.99. The second-order valence-corrected chi connectivity index (χ2v) is 9.90. The maximum Gasteiger partial charge on any atom is 0.191 e. The molecular weight excluding hydrogens is 487 g/mol. The van der Waals surface area contributed by atoms with E-state index in [2.05, 4.69) is 25.6 Å². The Bertz CT molecular complexity index is 1490. The smallest absolute Gasteiger partial charge is 0.191 e. The molecule has 12 heteroatoms. The maximum atomic E-state index is 14.6. The molecule has 0 amide bonds. The highest BCUT2D eigenvalue weighted by Gasteiger charge is 2.45. The molecule has 0 saturated heterocycles. The molecule has 2 aromatic heterocycles. The van der Waals surface area contributed by atoms with Crippen molar-refractivity contribution < 1.29 is 32.7 Å². The summed E-state index contributed by atoms with van der Waals surface area (Å²) in [6.45, 7) is -0.0116. The molecule has 2 fully saturated rings. The number of ether oxygens (including phenoxy) is 1. The molecule has 4 N–H and O–H groups in total. The number of aliphatic hydroxyl groups is 3. The third-order valence-electron chi connectivity index (χ3n) is 6.28. The summed E-state index contributed by atoms with van der Waals surface area (Å²) in [5, 5.41) is 42.3. The van der Waals surface area contributed by atoms with Gasteiger partial charge in [-0.15, -0.1) is 5.10 Å². The summed E-state index contributed by atoms with van der Waals surface area (Å²) in [5.74, 6) is -0.848. The van der Waals surface area contributed by atoms with E-state index in [1.807, 2.05) is 6.92 Å². The number of nitrogens with zero attached hydrogens (tertiary/aromatic N) is 5. The Labute approximate surface area is 220 Å². The Morgan fingerprint density at radius 3 is 2.94 bits per heavy atom. The van der Waals surface area contributed by atoms with Crippen molar-refractivity contribution in [3.05, 3.63) is 35.1 Å². The van der Waals surface area contributed by atoms with Crippen molar-refractivity contribution in [2.75, 3.05) is 24.2 Å². The molecule has 10 nitrogen and oxygen atoms in total. The number of benzene rings is 1. The molecule has 194 valence electrons. The van der Waals surface area contributed by atoms with Gasteiger partial charge in [0.05, 0.1) is 33.5 Å². The van der Waals surface area contributed by atoms with E-state index >= 15 is 0 Å². The minimum Gasteiger partial charge on any atom is -0.394 e. The van der Waals surface area contributed by atoms with Crippen molar-refractivity contribution in [3.8, 4) is 0 Å². The number of fused-ring (bicyclic) bond motifs is 1. The summed E-state index contributed by atoms with van der Waals surface area (Å²) < 4.78 is 69.4. The molecule has 0 radical (unpaired) electrons. The number of anilines is 1. The van der Waals surface area contributed by atoms with Crippen LogP contribution >= 0.6 is 11.8 Å². The summed E-state index contributed by atoms with van der Waals surface area (Å²) in [6.07, 6.45) is -2.83. The van der Waals surface area contributed by atoms with Crippen LogP contribution in [0, 0.1) is 12.7 Å². The van der Waals surface area contributed by atoms with E-state index in [9.17, 15) is 19.7 Å². The van der Waals surface area contributed by atoms with E-state index < -0.39 is 61.3 Å². The lowest BCUT2D eigenvalue weighted by atomic mass is 10.1. The predicted molar refractivity (Wildman–Crippen MR) is 133 cm³/mol. The molecule has 1 aromatic carbocycles. The summed E-state index contributed by atoms with van der Waals surface area (Å²) >= 11 is 1.34. The Kier molecular flexibility index (Phi) is 5.51. The van der Waals surface area contributed by atoms with Gasteiger partial charge in [0.25, 0.3) is 0 Å². The predicted octanol–water partition coefficient (Wildman–Crippen LogP) is 2.18. The van der Waals surface area contributed by atoms with E-state index in [-0.39, 0.29) is 53.0 Å². The zero-order chi connectivity index (χ0) is 30.7. The van der Waals surface area contributed by atoms with Crippen molar-refractivity contribution in [1.82, 2.24) is 25.0 Å². The number of nitrogens with one attached hydrogen (secondary N) is 1. The molecular formula is C24H31FN6O4S. The first-order chi connectivity index (χ1) is 19.7. The Hall–Kier alpha value is -2.38. The molecule has 0 bridgehead atoms. The van der Waals surface area contributed by atoms with Gasteiger partial charge in [-0.3, -0.25) is 0 Å². The van der Waals surface area contributed by atoms with Crippen LogP contribution in [0.5, 0.6) is 0 Å². The van der Waals surface area contributed by atoms with Gasteiger partial charge < -0.3 is 25.4 Å². The summed E-state index contributed by atoms with van der Waals surface area (Å²) in [7, 11) is 0. The lowest BCUT2D eigenvalue weighted by molar-refractivity contribution is -0.0629. The standard InChI is InChI=1S/C24H31FN6O4S/c1-3-8-36-24-27-22(26-16-10-14(16)13-5-4-12(2)15(25)9-13)19-23(28-24)31(30-29-19)17-11-18(35-7-6-32)21(34)20(17)33/h4-5,9,14,16-18,20-21,32-34H,3,6-8,10-11H2,1-2H3,(H,26,27,28)/t14-,16+,17+,18-,20-,21+/m0/s1/i4D,5D,6D2,9D,16D. The molecule has 0 unspecified atom stereocenters. The van der Waals surface area contributed by atoms with Crippen molar-refractivity contribution in [1.29, 1.82) is 0 Å². The minimum absolute atomic E-state index is 0.0124. The van der Waals surface area contributed by atoms with Gasteiger partial charge in [0.15, 0.2) is 22.1 Å². The van der Waals surface area contributed by atoms with E-state index in [4.69, 9.17) is 13.0 Å². The Balaban J connectivity index is 1.48. The van der Waals surface area contributed by atoms with Crippen molar-refractivity contribution in [3.63, 3.8) is 0 Å². The van der Waals surface area contributed by atoms with Crippen LogP contribution in [0.4, 0.5) is 10.2 Å². The quantitative estimate of drug-likeness (QED) is 0.231. The second-order valence-electron chi connectivity index (χ2n) is 8.84. The van der Waals surface area contributed by atoms with Gasteiger partial charge in [-0.25, -0.2) is 19.0 Å². The number of thioether (sulfide) groups is 1. The van der Waals surface area contributed by atoms with Gasteiger partial charge in [-0.1, -0.05) is 36.0 Å². The highest BCUT2D eigenvalue weighted by atomic mass is 32.2. The molecule has 6 atom stereocenters. The van der Waals surface area contributed by atoms with Crippen LogP contribution in [0.15, 0.2) is 23.3 Å². The topological polar surface area (TPSA) is 138 Å². The summed E-state index contributed by atoms with van der Waals surface area (Å²) in [4.78, 5) is 9.08. The number of aromatic nitrogens is 5. The van der Waals surface area contributed by atoms with Crippen LogP contribution in [0.25, 0.3) is 11.2 Å². The first kappa shape index (κ1) is 18.8. The molecule has 36 heavy (non-hydrogen) atoms. The van der Waals surface area contributed by atoms with E-state index in [0.29, 0.717) is 10.9 Å². The average Bonchev–Trinajstić information content (AvgIpc) is 3.24. The molecule has 2 aliphatic rings. The fraction of sp³-hybridized carbons (Fsp3) is 0.583. The molecule has 0 aliphatic heterocycles. The molecule has 2 saturated carbocycles. The third kappa shape index (κ3) is 4.92.